The molecule has 7 nitrogen and oxygen atoms in total. The fourth-order valence-corrected chi connectivity index (χ4v) is 3.05. The Balaban J connectivity index is 1.57. The van der Waals surface area contributed by atoms with Gasteiger partial charge < -0.3 is 10.1 Å². The van der Waals surface area contributed by atoms with Gasteiger partial charge in [0.05, 0.1) is 21.3 Å². The van der Waals surface area contributed by atoms with Crippen LogP contribution in [0.15, 0.2) is 71.8 Å². The SMILES string of the molecule is C/C(=N\NC(=O)C(=O)Nc1ccc(Cl)c(Cl)c1)c1ccc(OC(=O)c2cccc(Cl)c2)cc1. The first-order valence-electron chi connectivity index (χ1n) is 9.42. The number of carbonyl (C=O) groups is 3. The predicted octanol–water partition coefficient (Wildman–Crippen LogP) is 5.34. The number of esters is 1. The molecule has 0 aliphatic heterocycles. The minimum Gasteiger partial charge on any atom is -0.423 e. The van der Waals surface area contributed by atoms with Crippen molar-refractivity contribution in [3.05, 3.63) is 92.9 Å². The van der Waals surface area contributed by atoms with Gasteiger partial charge in [-0.2, -0.15) is 5.10 Å². The van der Waals surface area contributed by atoms with Gasteiger partial charge in [-0.05, 0) is 73.2 Å². The van der Waals surface area contributed by atoms with Gasteiger partial charge in [0.2, 0.25) is 0 Å². The molecule has 2 N–H and O–H groups in total. The van der Waals surface area contributed by atoms with Crippen molar-refractivity contribution >= 4 is 64.0 Å². The third-order valence-corrected chi connectivity index (χ3v) is 5.23. The topological polar surface area (TPSA) is 96.9 Å². The van der Waals surface area contributed by atoms with Crippen LogP contribution in [0.5, 0.6) is 5.75 Å². The van der Waals surface area contributed by atoms with E-state index in [0.717, 1.165) is 0 Å². The van der Waals surface area contributed by atoms with Crippen LogP contribution < -0.4 is 15.5 Å². The van der Waals surface area contributed by atoms with Gasteiger partial charge in [-0.25, -0.2) is 10.2 Å². The summed E-state index contributed by atoms with van der Waals surface area (Å²) in [5, 5.41) is 7.31. The number of ether oxygens (including phenoxy) is 1. The Morgan fingerprint density at radius 2 is 1.55 bits per heavy atom. The van der Waals surface area contributed by atoms with Crippen molar-refractivity contribution in [2.75, 3.05) is 5.32 Å². The highest BCUT2D eigenvalue weighted by Gasteiger charge is 2.14. The molecule has 0 aliphatic carbocycles. The number of amides is 2. The smallest absolute Gasteiger partial charge is 0.343 e. The molecule has 0 unspecified atom stereocenters. The zero-order chi connectivity index (χ0) is 24.0. The van der Waals surface area contributed by atoms with Gasteiger partial charge in [0, 0.05) is 10.7 Å². The number of benzene rings is 3. The summed E-state index contributed by atoms with van der Waals surface area (Å²) in [4.78, 5) is 36.2. The van der Waals surface area contributed by atoms with Crippen molar-refractivity contribution < 1.29 is 19.1 Å². The van der Waals surface area contributed by atoms with Crippen molar-refractivity contribution in [2.24, 2.45) is 5.10 Å². The number of hydrazone groups is 1. The molecule has 3 rings (SSSR count). The number of anilines is 1. The maximum Gasteiger partial charge on any atom is 0.343 e. The van der Waals surface area contributed by atoms with Crippen LogP contribution in [-0.4, -0.2) is 23.5 Å². The molecule has 0 saturated heterocycles. The van der Waals surface area contributed by atoms with Crippen LogP contribution in [0.2, 0.25) is 15.1 Å². The lowest BCUT2D eigenvalue weighted by molar-refractivity contribution is -0.136. The van der Waals surface area contributed by atoms with E-state index in [1.54, 1.807) is 49.4 Å². The highest BCUT2D eigenvalue weighted by Crippen LogP contribution is 2.25. The van der Waals surface area contributed by atoms with E-state index in [9.17, 15) is 14.4 Å². The summed E-state index contributed by atoms with van der Waals surface area (Å²) in [6.07, 6.45) is 0. The van der Waals surface area contributed by atoms with E-state index in [0.29, 0.717) is 38.3 Å². The Kier molecular flexibility index (Phi) is 8.06. The number of hydrogen-bond acceptors (Lipinski definition) is 5. The second kappa shape index (κ2) is 11.0. The van der Waals surface area contributed by atoms with Gasteiger partial charge in [0.1, 0.15) is 5.75 Å². The van der Waals surface area contributed by atoms with Crippen LogP contribution in [0.25, 0.3) is 0 Å². The zero-order valence-corrected chi connectivity index (χ0v) is 19.3. The summed E-state index contributed by atoms with van der Waals surface area (Å²) >= 11 is 17.6. The minimum atomic E-state index is -0.965. The maximum absolute atomic E-state index is 12.2. The first kappa shape index (κ1) is 24.3. The average Bonchev–Trinajstić information content (AvgIpc) is 2.80. The Hall–Kier alpha value is -3.39. The lowest BCUT2D eigenvalue weighted by atomic mass is 10.1. The van der Waals surface area contributed by atoms with E-state index in [4.69, 9.17) is 39.5 Å². The van der Waals surface area contributed by atoms with Crippen LogP contribution in [0, 0.1) is 0 Å². The van der Waals surface area contributed by atoms with Crippen LogP contribution in [0.4, 0.5) is 5.69 Å². The molecule has 3 aromatic carbocycles. The van der Waals surface area contributed by atoms with Crippen molar-refractivity contribution in [1.82, 2.24) is 5.43 Å². The van der Waals surface area contributed by atoms with E-state index >= 15 is 0 Å². The molecular formula is C23H16Cl3N3O4. The van der Waals surface area contributed by atoms with Gasteiger partial charge in [-0.15, -0.1) is 0 Å². The van der Waals surface area contributed by atoms with Crippen LogP contribution >= 0.6 is 34.8 Å². The molecule has 0 fully saturated rings. The molecule has 0 saturated carbocycles. The second-order valence-corrected chi connectivity index (χ2v) is 7.90. The molecule has 2 amide bonds. The number of nitrogens with zero attached hydrogens (tertiary/aromatic N) is 1. The monoisotopic (exact) mass is 503 g/mol. The Morgan fingerprint density at radius 3 is 2.21 bits per heavy atom. The van der Waals surface area contributed by atoms with Gasteiger partial charge in [0.25, 0.3) is 0 Å². The first-order chi connectivity index (χ1) is 15.7. The average molecular weight is 505 g/mol. The van der Waals surface area contributed by atoms with Crippen molar-refractivity contribution in [3.8, 4) is 5.75 Å². The lowest BCUT2D eigenvalue weighted by Gasteiger charge is -2.07. The molecule has 0 radical (unpaired) electrons. The van der Waals surface area contributed by atoms with Gasteiger partial charge in [-0.3, -0.25) is 9.59 Å². The van der Waals surface area contributed by atoms with E-state index in [2.05, 4.69) is 15.8 Å². The second-order valence-electron chi connectivity index (χ2n) is 6.65. The summed E-state index contributed by atoms with van der Waals surface area (Å²) in [6.45, 7) is 1.64. The third kappa shape index (κ3) is 6.79. The molecular weight excluding hydrogens is 489 g/mol. The highest BCUT2D eigenvalue weighted by atomic mass is 35.5. The molecule has 33 heavy (non-hydrogen) atoms. The number of halogens is 3. The Morgan fingerprint density at radius 1 is 0.818 bits per heavy atom. The summed E-state index contributed by atoms with van der Waals surface area (Å²) in [5.41, 5.74) is 3.89. The van der Waals surface area contributed by atoms with E-state index in [1.165, 1.54) is 24.3 Å². The fourth-order valence-electron chi connectivity index (χ4n) is 2.56. The molecule has 0 heterocycles. The first-order valence-corrected chi connectivity index (χ1v) is 10.5. The number of hydrogen-bond donors (Lipinski definition) is 2. The number of carbonyl (C=O) groups excluding carboxylic acids is 3. The van der Waals surface area contributed by atoms with Crippen LogP contribution in [-0.2, 0) is 9.59 Å². The Labute approximate surface area is 204 Å². The van der Waals surface area contributed by atoms with Crippen molar-refractivity contribution in [2.45, 2.75) is 6.92 Å². The maximum atomic E-state index is 12.2. The highest BCUT2D eigenvalue weighted by molar-refractivity contribution is 6.43. The number of rotatable bonds is 5. The van der Waals surface area contributed by atoms with Crippen LogP contribution in [0.3, 0.4) is 0 Å². The van der Waals surface area contributed by atoms with E-state index in [1.807, 2.05) is 0 Å². The molecule has 168 valence electrons. The van der Waals surface area contributed by atoms with Gasteiger partial charge in [0.15, 0.2) is 0 Å². The van der Waals surface area contributed by atoms with Crippen molar-refractivity contribution in [3.63, 3.8) is 0 Å². The summed E-state index contributed by atoms with van der Waals surface area (Å²) in [7, 11) is 0. The molecule has 0 atom stereocenters. The lowest BCUT2D eigenvalue weighted by Crippen LogP contribution is -2.32. The van der Waals surface area contributed by atoms with E-state index < -0.39 is 17.8 Å². The molecule has 3 aromatic rings. The molecule has 0 bridgehead atoms. The molecule has 0 spiro atoms. The Bertz CT molecular complexity index is 1240. The number of nitrogens with one attached hydrogen (secondary N) is 2. The van der Waals surface area contributed by atoms with Crippen molar-refractivity contribution in [1.29, 1.82) is 0 Å². The quantitative estimate of drug-likeness (QED) is 0.161. The fraction of sp³-hybridized carbons (Fsp3) is 0.0435. The van der Waals surface area contributed by atoms with Gasteiger partial charge in [-0.1, -0.05) is 40.9 Å². The van der Waals surface area contributed by atoms with Gasteiger partial charge >= 0.3 is 17.8 Å². The standard InChI is InChI=1S/C23H16Cl3N3O4/c1-13(28-29-22(31)21(30)27-17-7-10-19(25)20(26)12-17)14-5-8-18(9-6-14)33-23(32)15-3-2-4-16(24)11-15/h2-12H,1H3,(H,27,30)(H,29,31)/b28-13+. The molecule has 10 heteroatoms. The summed E-state index contributed by atoms with van der Waals surface area (Å²) in [6, 6.07) is 17.3. The minimum absolute atomic E-state index is 0.241. The van der Waals surface area contributed by atoms with Crippen LogP contribution in [0.1, 0.15) is 22.8 Å². The zero-order valence-electron chi connectivity index (χ0n) is 17.1. The predicted molar refractivity (Wildman–Crippen MR) is 128 cm³/mol. The third-order valence-electron chi connectivity index (χ3n) is 4.25. The molecule has 0 aromatic heterocycles. The summed E-state index contributed by atoms with van der Waals surface area (Å²) in [5.74, 6) is -2.11. The largest absolute Gasteiger partial charge is 0.423 e. The summed E-state index contributed by atoms with van der Waals surface area (Å²) < 4.78 is 5.31. The normalized spacial score (nSPS) is 11.0. The van der Waals surface area contributed by atoms with E-state index in [-0.39, 0.29) is 5.02 Å². The molecule has 0 aliphatic rings.